The number of likely N-dealkylation sites (N-methyl/N-ethyl adjacent to an activating group) is 1. The molecule has 0 radical (unpaired) electrons. The van der Waals surface area contributed by atoms with E-state index in [-0.39, 0.29) is 16.0 Å². The predicted octanol–water partition coefficient (Wildman–Crippen LogP) is 3.66. The SMILES string of the molecule is CN1CCC[C@H]1COc1ncc2cc(Cl)c(Br)c(F)c2n1. The van der Waals surface area contributed by atoms with Crippen LogP contribution in [0.2, 0.25) is 5.02 Å². The number of ether oxygens (including phenoxy) is 1. The van der Waals surface area contributed by atoms with Crippen LogP contribution in [0.3, 0.4) is 0 Å². The molecule has 2 heterocycles. The molecule has 1 atom stereocenters. The van der Waals surface area contributed by atoms with Crippen LogP contribution in [0.15, 0.2) is 16.7 Å². The van der Waals surface area contributed by atoms with Crippen molar-refractivity contribution >= 4 is 38.4 Å². The van der Waals surface area contributed by atoms with Crippen LogP contribution in [-0.2, 0) is 0 Å². The molecule has 0 spiro atoms. The van der Waals surface area contributed by atoms with Gasteiger partial charge >= 0.3 is 6.01 Å². The third kappa shape index (κ3) is 2.98. The smallest absolute Gasteiger partial charge is 0.317 e. The van der Waals surface area contributed by atoms with Gasteiger partial charge in [-0.15, -0.1) is 0 Å². The largest absolute Gasteiger partial charge is 0.462 e. The average Bonchev–Trinajstić information content (AvgIpc) is 2.88. The Morgan fingerprint density at radius 3 is 3.10 bits per heavy atom. The molecule has 0 unspecified atom stereocenters. The fourth-order valence-corrected chi connectivity index (χ4v) is 3.00. The van der Waals surface area contributed by atoms with Gasteiger partial charge in [0.25, 0.3) is 0 Å². The lowest BCUT2D eigenvalue weighted by atomic mass is 10.2. The summed E-state index contributed by atoms with van der Waals surface area (Å²) in [7, 11) is 2.07. The van der Waals surface area contributed by atoms with Gasteiger partial charge in [0.1, 0.15) is 12.1 Å². The van der Waals surface area contributed by atoms with Crippen LogP contribution in [0.4, 0.5) is 4.39 Å². The monoisotopic (exact) mass is 373 g/mol. The summed E-state index contributed by atoms with van der Waals surface area (Å²) in [6.45, 7) is 1.59. The minimum Gasteiger partial charge on any atom is -0.462 e. The van der Waals surface area contributed by atoms with Gasteiger partial charge in [0.2, 0.25) is 0 Å². The Hall–Kier alpha value is -0.980. The molecule has 1 aromatic carbocycles. The van der Waals surface area contributed by atoms with Crippen molar-refractivity contribution < 1.29 is 9.13 Å². The minimum absolute atomic E-state index is 0.191. The summed E-state index contributed by atoms with van der Waals surface area (Å²) >= 11 is 9.03. The van der Waals surface area contributed by atoms with E-state index in [1.807, 2.05) is 0 Å². The Balaban J connectivity index is 1.83. The fourth-order valence-electron chi connectivity index (χ4n) is 2.50. The zero-order valence-electron chi connectivity index (χ0n) is 11.4. The first kappa shape index (κ1) is 14.9. The second-order valence-corrected chi connectivity index (χ2v) is 6.36. The Labute approximate surface area is 135 Å². The Bertz CT molecular complexity index is 685. The normalized spacial score (nSPS) is 19.3. The van der Waals surface area contributed by atoms with E-state index in [0.29, 0.717) is 23.1 Å². The number of likely N-dealkylation sites (tertiary alicyclic amines) is 1. The van der Waals surface area contributed by atoms with E-state index in [4.69, 9.17) is 16.3 Å². The van der Waals surface area contributed by atoms with E-state index in [0.717, 1.165) is 13.0 Å². The molecule has 0 bridgehead atoms. The van der Waals surface area contributed by atoms with Crippen molar-refractivity contribution in [2.75, 3.05) is 20.2 Å². The summed E-state index contributed by atoms with van der Waals surface area (Å²) in [6.07, 6.45) is 3.79. The maximum Gasteiger partial charge on any atom is 0.317 e. The van der Waals surface area contributed by atoms with Crippen LogP contribution in [0.5, 0.6) is 6.01 Å². The van der Waals surface area contributed by atoms with Crippen molar-refractivity contribution in [3.63, 3.8) is 0 Å². The number of hydrogen-bond acceptors (Lipinski definition) is 4. The molecule has 0 saturated carbocycles. The van der Waals surface area contributed by atoms with E-state index in [9.17, 15) is 4.39 Å². The zero-order chi connectivity index (χ0) is 15.0. The maximum atomic E-state index is 14.2. The van der Waals surface area contributed by atoms with Crippen LogP contribution in [0, 0.1) is 5.82 Å². The second kappa shape index (κ2) is 6.02. The standard InChI is InChI=1S/C14H14BrClFN3O/c1-20-4-2-3-9(20)7-21-14-18-6-8-5-10(16)11(15)12(17)13(8)19-14/h5-6,9H,2-4,7H2,1H3/t9-/m0/s1. The van der Waals surface area contributed by atoms with Crippen LogP contribution < -0.4 is 4.74 Å². The van der Waals surface area contributed by atoms with Crippen molar-refractivity contribution in [1.29, 1.82) is 0 Å². The highest BCUT2D eigenvalue weighted by Gasteiger charge is 2.22. The van der Waals surface area contributed by atoms with Crippen molar-refractivity contribution in [3.05, 3.63) is 27.6 Å². The van der Waals surface area contributed by atoms with Gasteiger partial charge in [0.05, 0.1) is 9.50 Å². The number of halogens is 3. The zero-order valence-corrected chi connectivity index (χ0v) is 13.8. The Morgan fingerprint density at radius 2 is 2.38 bits per heavy atom. The Morgan fingerprint density at radius 1 is 1.57 bits per heavy atom. The van der Waals surface area contributed by atoms with Crippen LogP contribution >= 0.6 is 27.5 Å². The quantitative estimate of drug-likeness (QED) is 0.769. The van der Waals surface area contributed by atoms with Gasteiger partial charge in [0.15, 0.2) is 5.82 Å². The molecular weight excluding hydrogens is 361 g/mol. The highest BCUT2D eigenvalue weighted by atomic mass is 79.9. The van der Waals surface area contributed by atoms with Crippen LogP contribution in [0.1, 0.15) is 12.8 Å². The highest BCUT2D eigenvalue weighted by Crippen LogP contribution is 2.31. The minimum atomic E-state index is -0.497. The highest BCUT2D eigenvalue weighted by molar-refractivity contribution is 9.10. The molecule has 4 nitrogen and oxygen atoms in total. The molecule has 0 N–H and O–H groups in total. The molecule has 1 aromatic heterocycles. The number of fused-ring (bicyclic) bond motifs is 1. The average molecular weight is 375 g/mol. The topological polar surface area (TPSA) is 38.2 Å². The molecule has 0 amide bonds. The maximum absolute atomic E-state index is 14.2. The van der Waals surface area contributed by atoms with E-state index in [1.165, 1.54) is 12.6 Å². The lowest BCUT2D eigenvalue weighted by Gasteiger charge is -2.18. The molecule has 112 valence electrons. The van der Waals surface area contributed by atoms with Crippen LogP contribution in [0.25, 0.3) is 10.9 Å². The third-order valence-corrected chi connectivity index (χ3v) is 5.07. The van der Waals surface area contributed by atoms with Gasteiger partial charge in [-0.25, -0.2) is 9.37 Å². The van der Waals surface area contributed by atoms with Gasteiger partial charge < -0.3 is 9.64 Å². The third-order valence-electron chi connectivity index (χ3n) is 3.76. The van der Waals surface area contributed by atoms with Gasteiger partial charge in [-0.3, -0.25) is 0 Å². The fraction of sp³-hybridized carbons (Fsp3) is 0.429. The van der Waals surface area contributed by atoms with Gasteiger partial charge in [0, 0.05) is 17.6 Å². The van der Waals surface area contributed by atoms with Crippen molar-refractivity contribution in [2.45, 2.75) is 18.9 Å². The molecule has 3 rings (SSSR count). The van der Waals surface area contributed by atoms with Crippen LogP contribution in [-0.4, -0.2) is 41.1 Å². The summed E-state index contributed by atoms with van der Waals surface area (Å²) in [5.41, 5.74) is 0.205. The lowest BCUT2D eigenvalue weighted by Crippen LogP contribution is -2.30. The summed E-state index contributed by atoms with van der Waals surface area (Å²) in [6, 6.07) is 2.18. The predicted molar refractivity (Wildman–Crippen MR) is 83.4 cm³/mol. The second-order valence-electron chi connectivity index (χ2n) is 5.16. The summed E-state index contributed by atoms with van der Waals surface area (Å²) in [5.74, 6) is -0.497. The summed E-state index contributed by atoms with van der Waals surface area (Å²) < 4.78 is 20.0. The molecule has 1 fully saturated rings. The molecule has 2 aromatic rings. The molecule has 1 aliphatic rings. The first-order valence-electron chi connectivity index (χ1n) is 6.69. The van der Waals surface area contributed by atoms with Gasteiger partial charge in [-0.05, 0) is 48.4 Å². The number of aromatic nitrogens is 2. The number of benzene rings is 1. The first-order valence-corrected chi connectivity index (χ1v) is 7.86. The molecular formula is C14H14BrClFN3O. The molecule has 0 aliphatic carbocycles. The number of nitrogens with zero attached hydrogens (tertiary/aromatic N) is 3. The van der Waals surface area contributed by atoms with Crippen molar-refractivity contribution in [1.82, 2.24) is 14.9 Å². The molecule has 21 heavy (non-hydrogen) atoms. The van der Waals surface area contributed by atoms with E-state index in [1.54, 1.807) is 6.07 Å². The Kier molecular flexibility index (Phi) is 4.28. The summed E-state index contributed by atoms with van der Waals surface area (Å²) in [4.78, 5) is 10.5. The van der Waals surface area contributed by atoms with Crippen molar-refractivity contribution in [2.24, 2.45) is 0 Å². The number of rotatable bonds is 3. The van der Waals surface area contributed by atoms with Gasteiger partial charge in [-0.1, -0.05) is 11.6 Å². The number of hydrogen-bond donors (Lipinski definition) is 0. The molecule has 7 heteroatoms. The van der Waals surface area contributed by atoms with E-state index >= 15 is 0 Å². The van der Waals surface area contributed by atoms with Gasteiger partial charge in [-0.2, -0.15) is 4.98 Å². The molecule has 1 saturated heterocycles. The summed E-state index contributed by atoms with van der Waals surface area (Å²) in [5, 5.41) is 0.843. The first-order chi connectivity index (χ1) is 10.1. The molecule has 1 aliphatic heterocycles. The van der Waals surface area contributed by atoms with Crippen molar-refractivity contribution in [3.8, 4) is 6.01 Å². The van der Waals surface area contributed by atoms with E-state index < -0.39 is 5.82 Å². The van der Waals surface area contributed by atoms with E-state index in [2.05, 4.69) is 37.8 Å². The lowest BCUT2D eigenvalue weighted by molar-refractivity contribution is 0.188.